The van der Waals surface area contributed by atoms with Crippen molar-refractivity contribution in [2.45, 2.75) is 18.8 Å². The van der Waals surface area contributed by atoms with Gasteiger partial charge in [0, 0.05) is 28.2 Å². The van der Waals surface area contributed by atoms with E-state index in [1.54, 1.807) is 11.3 Å². The number of aryl methyl sites for hydroxylation is 1. The summed E-state index contributed by atoms with van der Waals surface area (Å²) < 4.78 is 0. The maximum Gasteiger partial charge on any atom is 0.133 e. The number of hydrogen-bond acceptors (Lipinski definition) is 4. The van der Waals surface area contributed by atoms with Crippen LogP contribution in [0.25, 0.3) is 10.9 Å². The van der Waals surface area contributed by atoms with E-state index in [9.17, 15) is 0 Å². The molecule has 21 heavy (non-hydrogen) atoms. The van der Waals surface area contributed by atoms with Crippen LogP contribution in [0, 0.1) is 6.92 Å². The molecule has 0 aliphatic heterocycles. The molecule has 2 heterocycles. The van der Waals surface area contributed by atoms with E-state index >= 15 is 0 Å². The number of nitrogens with zero attached hydrogens (tertiary/aromatic N) is 3. The summed E-state index contributed by atoms with van der Waals surface area (Å²) in [5.41, 5.74) is 5.24. The third-order valence-corrected chi connectivity index (χ3v) is 5.04. The molecule has 3 aromatic rings. The van der Waals surface area contributed by atoms with Crippen LogP contribution in [0.3, 0.4) is 0 Å². The minimum Gasteiger partial charge on any atom is -0.354 e. The minimum absolute atomic E-state index is 0.798. The van der Waals surface area contributed by atoms with Gasteiger partial charge in [0.25, 0.3) is 0 Å². The van der Waals surface area contributed by atoms with Crippen molar-refractivity contribution >= 4 is 44.0 Å². The summed E-state index contributed by atoms with van der Waals surface area (Å²) in [4.78, 5) is 12.6. The van der Waals surface area contributed by atoms with E-state index in [2.05, 4.69) is 58.0 Å². The molecule has 1 aromatic carbocycles. The second kappa shape index (κ2) is 6.12. The lowest BCUT2D eigenvalue weighted by atomic mass is 10.1. The van der Waals surface area contributed by atoms with Crippen molar-refractivity contribution in [2.75, 3.05) is 11.9 Å². The van der Waals surface area contributed by atoms with Gasteiger partial charge in [0.1, 0.15) is 5.82 Å². The molecule has 0 saturated heterocycles. The van der Waals surface area contributed by atoms with Gasteiger partial charge >= 0.3 is 0 Å². The average molecular weight is 362 g/mol. The zero-order chi connectivity index (χ0) is 14.8. The number of rotatable bonds is 4. The summed E-state index contributed by atoms with van der Waals surface area (Å²) in [6, 6.07) is 10.4. The van der Waals surface area contributed by atoms with E-state index in [0.717, 1.165) is 28.9 Å². The lowest BCUT2D eigenvalue weighted by Crippen LogP contribution is -2.19. The second-order valence-corrected chi connectivity index (χ2v) is 6.51. The zero-order valence-electron chi connectivity index (χ0n) is 12.0. The summed E-state index contributed by atoms with van der Waals surface area (Å²) in [7, 11) is 2.09. The first-order valence-corrected chi connectivity index (χ1v) is 8.74. The lowest BCUT2D eigenvalue weighted by molar-refractivity contribution is 0.898. The molecule has 0 bridgehead atoms. The highest BCUT2D eigenvalue weighted by molar-refractivity contribution is 9.08. The van der Waals surface area contributed by atoms with Crippen molar-refractivity contribution in [2.24, 2.45) is 0 Å². The number of pyridine rings is 1. The Morgan fingerprint density at radius 1 is 1.29 bits per heavy atom. The average Bonchev–Trinajstić information content (AvgIpc) is 2.91. The highest BCUT2D eigenvalue weighted by Gasteiger charge is 2.13. The molecule has 5 heteroatoms. The fraction of sp³-hybridized carbons (Fsp3) is 0.250. The monoisotopic (exact) mass is 361 g/mol. The lowest BCUT2D eigenvalue weighted by Gasteiger charge is -2.21. The number of halogens is 1. The summed E-state index contributed by atoms with van der Waals surface area (Å²) in [5, 5.41) is 1.98. The number of aromatic nitrogens is 2. The summed E-state index contributed by atoms with van der Waals surface area (Å²) in [6.07, 6.45) is 0. The first kappa shape index (κ1) is 14.5. The van der Waals surface area contributed by atoms with Crippen molar-refractivity contribution < 1.29 is 0 Å². The number of anilines is 1. The van der Waals surface area contributed by atoms with Gasteiger partial charge in [-0.05, 0) is 19.1 Å². The van der Waals surface area contributed by atoms with Crippen molar-refractivity contribution in [1.82, 2.24) is 9.97 Å². The molecular weight excluding hydrogens is 346 g/mol. The third kappa shape index (κ3) is 2.94. The quantitative estimate of drug-likeness (QED) is 0.639. The van der Waals surface area contributed by atoms with Crippen LogP contribution in [0.2, 0.25) is 0 Å². The Bertz CT molecular complexity index is 769. The molecule has 3 nitrogen and oxygen atoms in total. The van der Waals surface area contributed by atoms with E-state index < -0.39 is 0 Å². The molecule has 0 aliphatic rings. The van der Waals surface area contributed by atoms with Gasteiger partial charge in [0.2, 0.25) is 0 Å². The second-order valence-electron chi connectivity index (χ2n) is 5.01. The molecule has 2 aromatic heterocycles. The van der Waals surface area contributed by atoms with E-state index in [4.69, 9.17) is 4.98 Å². The largest absolute Gasteiger partial charge is 0.354 e. The molecule has 0 fully saturated rings. The molecule has 0 amide bonds. The Morgan fingerprint density at radius 3 is 2.81 bits per heavy atom. The number of thiazole rings is 1. The highest BCUT2D eigenvalue weighted by atomic mass is 79.9. The van der Waals surface area contributed by atoms with Crippen LogP contribution in [-0.4, -0.2) is 17.0 Å². The predicted octanol–water partition coefficient (Wildman–Crippen LogP) is 4.53. The van der Waals surface area contributed by atoms with E-state index in [-0.39, 0.29) is 0 Å². The van der Waals surface area contributed by atoms with Gasteiger partial charge < -0.3 is 4.90 Å². The van der Waals surface area contributed by atoms with Crippen molar-refractivity contribution in [1.29, 1.82) is 0 Å². The molecule has 0 radical (unpaired) electrons. The van der Waals surface area contributed by atoms with Gasteiger partial charge in [-0.25, -0.2) is 9.97 Å². The smallest absolute Gasteiger partial charge is 0.133 e. The fourth-order valence-corrected chi connectivity index (χ4v) is 3.59. The maximum atomic E-state index is 4.84. The van der Waals surface area contributed by atoms with Gasteiger partial charge in [-0.2, -0.15) is 0 Å². The van der Waals surface area contributed by atoms with E-state index in [1.165, 1.54) is 15.8 Å². The highest BCUT2D eigenvalue weighted by Crippen LogP contribution is 2.26. The SMILES string of the molecule is Cc1ncsc1CN(C)c1nc2ccccc2cc1CBr. The molecule has 0 aliphatic carbocycles. The Kier molecular flexibility index (Phi) is 4.22. The van der Waals surface area contributed by atoms with Gasteiger partial charge in [-0.1, -0.05) is 34.1 Å². The van der Waals surface area contributed by atoms with E-state index in [1.807, 2.05) is 17.6 Å². The van der Waals surface area contributed by atoms with Crippen LogP contribution in [-0.2, 0) is 11.9 Å². The van der Waals surface area contributed by atoms with Gasteiger partial charge in [0.05, 0.1) is 23.3 Å². The summed E-state index contributed by atoms with van der Waals surface area (Å²) >= 11 is 5.28. The van der Waals surface area contributed by atoms with Gasteiger partial charge in [-0.15, -0.1) is 11.3 Å². The number of hydrogen-bond donors (Lipinski definition) is 0. The molecule has 0 saturated carbocycles. The van der Waals surface area contributed by atoms with Crippen LogP contribution in [0.5, 0.6) is 0 Å². The number of fused-ring (bicyclic) bond motifs is 1. The van der Waals surface area contributed by atoms with Crippen LogP contribution in [0.1, 0.15) is 16.1 Å². The predicted molar refractivity (Wildman–Crippen MR) is 93.3 cm³/mol. The Labute approximate surface area is 136 Å². The van der Waals surface area contributed by atoms with Crippen LogP contribution >= 0.6 is 27.3 Å². The van der Waals surface area contributed by atoms with Crippen molar-refractivity contribution in [3.05, 3.63) is 52.0 Å². The van der Waals surface area contributed by atoms with Crippen molar-refractivity contribution in [3.63, 3.8) is 0 Å². The van der Waals surface area contributed by atoms with Crippen LogP contribution < -0.4 is 4.90 Å². The third-order valence-electron chi connectivity index (χ3n) is 3.51. The topological polar surface area (TPSA) is 29.0 Å². The first-order chi connectivity index (χ1) is 10.2. The van der Waals surface area contributed by atoms with Crippen molar-refractivity contribution in [3.8, 4) is 0 Å². The number of para-hydroxylation sites is 1. The standard InChI is InChI=1S/C16H16BrN3S/c1-11-15(21-10-18-11)9-20(2)16-13(8-17)7-12-5-3-4-6-14(12)19-16/h3-7,10H,8-9H2,1-2H3. The molecule has 0 unspecified atom stereocenters. The Balaban J connectivity index is 2.00. The maximum absolute atomic E-state index is 4.84. The molecule has 0 N–H and O–H groups in total. The normalized spacial score (nSPS) is 11.0. The molecule has 0 atom stereocenters. The Hall–Kier alpha value is -1.46. The summed E-state index contributed by atoms with van der Waals surface area (Å²) in [6.45, 7) is 2.89. The van der Waals surface area contributed by atoms with Gasteiger partial charge in [-0.3, -0.25) is 0 Å². The molecular formula is C16H16BrN3S. The molecule has 108 valence electrons. The van der Waals surface area contributed by atoms with Crippen LogP contribution in [0.15, 0.2) is 35.8 Å². The molecule has 3 rings (SSSR count). The number of alkyl halides is 1. The first-order valence-electron chi connectivity index (χ1n) is 6.73. The summed E-state index contributed by atoms with van der Waals surface area (Å²) in [5.74, 6) is 1.03. The van der Waals surface area contributed by atoms with E-state index in [0.29, 0.717) is 0 Å². The number of benzene rings is 1. The minimum atomic E-state index is 0.798. The fourth-order valence-electron chi connectivity index (χ4n) is 2.35. The Morgan fingerprint density at radius 2 is 2.10 bits per heavy atom. The van der Waals surface area contributed by atoms with Gasteiger partial charge in [0.15, 0.2) is 0 Å². The molecule has 0 spiro atoms. The van der Waals surface area contributed by atoms with Crippen LogP contribution in [0.4, 0.5) is 5.82 Å². The zero-order valence-corrected chi connectivity index (χ0v) is 14.4.